The van der Waals surface area contributed by atoms with Gasteiger partial charge in [0.2, 0.25) is 11.8 Å². The van der Waals surface area contributed by atoms with Crippen molar-refractivity contribution < 1.29 is 27.8 Å². The number of amides is 1. The molecule has 9 heteroatoms. The average molecular weight is 403 g/mol. The number of alkyl halides is 2. The monoisotopic (exact) mass is 403 g/mol. The minimum absolute atomic E-state index is 0.102. The van der Waals surface area contributed by atoms with Gasteiger partial charge in [0.1, 0.15) is 11.4 Å². The second-order valence-electron chi connectivity index (χ2n) is 7.37. The van der Waals surface area contributed by atoms with Gasteiger partial charge in [-0.2, -0.15) is 5.10 Å². The van der Waals surface area contributed by atoms with Crippen LogP contribution in [0.25, 0.3) is 0 Å². The summed E-state index contributed by atoms with van der Waals surface area (Å²) in [4.78, 5) is 26.0. The molecule has 0 radical (unpaired) electrons. The lowest BCUT2D eigenvalue weighted by molar-refractivity contribution is -0.0910. The molecule has 2 heterocycles. The number of aromatic nitrogens is 2. The molecule has 1 saturated carbocycles. The number of Topliss-reactive ketones (excluding diaryl/α,β-unsaturated/α-hetero) is 1. The van der Waals surface area contributed by atoms with Crippen LogP contribution in [0.4, 0.5) is 13.6 Å². The van der Waals surface area contributed by atoms with E-state index in [2.05, 4.69) is 10.2 Å². The first-order valence-corrected chi connectivity index (χ1v) is 9.29. The van der Waals surface area contributed by atoms with Crippen molar-refractivity contribution in [1.82, 2.24) is 15.1 Å². The molecule has 0 atom stereocenters. The predicted molar refractivity (Wildman–Crippen MR) is 97.1 cm³/mol. The fraction of sp³-hybridized carbons (Fsp3) is 0.400. The van der Waals surface area contributed by atoms with E-state index in [1.807, 2.05) is 0 Å². The number of ketones is 1. The smallest absolute Gasteiger partial charge is 0.410 e. The molecule has 1 aromatic heterocycles. The molecule has 152 valence electrons. The summed E-state index contributed by atoms with van der Waals surface area (Å²) >= 11 is 0. The van der Waals surface area contributed by atoms with E-state index in [-0.39, 0.29) is 44.6 Å². The summed E-state index contributed by atoms with van der Waals surface area (Å²) in [7, 11) is 0. The summed E-state index contributed by atoms with van der Waals surface area (Å²) in [6.45, 7) is -0.0110. The van der Waals surface area contributed by atoms with Crippen LogP contribution < -0.4 is 4.74 Å². The molecule has 1 aromatic carbocycles. The Morgan fingerprint density at radius 3 is 2.52 bits per heavy atom. The van der Waals surface area contributed by atoms with E-state index in [0.717, 1.165) is 0 Å². The molecule has 1 amide bonds. The maximum atomic E-state index is 13.4. The summed E-state index contributed by atoms with van der Waals surface area (Å²) in [6.07, 6.45) is 0.479. The Bertz CT molecular complexity index is 896. The maximum absolute atomic E-state index is 13.4. The highest BCUT2D eigenvalue weighted by molar-refractivity contribution is 5.99. The lowest BCUT2D eigenvalue weighted by Crippen LogP contribution is -2.42. The van der Waals surface area contributed by atoms with E-state index in [0.29, 0.717) is 17.2 Å². The first-order chi connectivity index (χ1) is 13.8. The Morgan fingerprint density at radius 2 is 1.86 bits per heavy atom. The third-order valence-electron chi connectivity index (χ3n) is 5.21. The van der Waals surface area contributed by atoms with Gasteiger partial charge < -0.3 is 9.47 Å². The maximum Gasteiger partial charge on any atom is 0.410 e. The van der Waals surface area contributed by atoms with Crippen molar-refractivity contribution in [2.45, 2.75) is 37.2 Å². The predicted octanol–water partition coefficient (Wildman–Crippen LogP) is 3.85. The zero-order chi connectivity index (χ0) is 20.5. The Morgan fingerprint density at radius 1 is 1.14 bits per heavy atom. The van der Waals surface area contributed by atoms with Crippen LogP contribution in [0, 0.1) is 0 Å². The molecule has 0 unspecified atom stereocenters. The molecule has 0 bridgehead atoms. The van der Waals surface area contributed by atoms with Crippen molar-refractivity contribution in [3.8, 4) is 11.6 Å². The minimum Gasteiger partial charge on any atom is -0.441 e. The van der Waals surface area contributed by atoms with Crippen molar-refractivity contribution in [3.63, 3.8) is 0 Å². The minimum atomic E-state index is -2.71. The molecule has 2 aliphatic rings. The van der Waals surface area contributed by atoms with Crippen LogP contribution in [0.5, 0.6) is 11.6 Å². The lowest BCUT2D eigenvalue weighted by atomic mass is 9.83. The van der Waals surface area contributed by atoms with E-state index in [1.165, 1.54) is 11.1 Å². The zero-order valence-electron chi connectivity index (χ0n) is 15.5. The van der Waals surface area contributed by atoms with Crippen LogP contribution in [0.15, 0.2) is 42.6 Å². The van der Waals surface area contributed by atoms with Gasteiger partial charge in [0.25, 0.3) is 0 Å². The molecular formula is C20H19F2N3O4. The van der Waals surface area contributed by atoms with Gasteiger partial charge in [-0.25, -0.2) is 13.6 Å². The van der Waals surface area contributed by atoms with Crippen molar-refractivity contribution >= 4 is 11.9 Å². The number of rotatable bonds is 5. The number of benzene rings is 1. The molecule has 29 heavy (non-hydrogen) atoms. The molecule has 1 spiro atoms. The fourth-order valence-corrected chi connectivity index (χ4v) is 3.58. The molecule has 0 N–H and O–H groups in total. The number of carbonyl (C=O) groups is 2. The molecule has 1 saturated heterocycles. The molecule has 1 aliphatic carbocycles. The quantitative estimate of drug-likeness (QED) is 0.706. The van der Waals surface area contributed by atoms with Gasteiger partial charge in [0, 0.05) is 30.7 Å². The van der Waals surface area contributed by atoms with Gasteiger partial charge in [0.15, 0.2) is 5.78 Å². The summed E-state index contributed by atoms with van der Waals surface area (Å²) in [5.74, 6) is -2.17. The Balaban J connectivity index is 1.36. The van der Waals surface area contributed by atoms with E-state index in [1.54, 1.807) is 36.4 Å². The molecule has 2 aromatic rings. The van der Waals surface area contributed by atoms with Crippen molar-refractivity contribution in [1.29, 1.82) is 0 Å². The van der Waals surface area contributed by atoms with Gasteiger partial charge in [-0.1, -0.05) is 0 Å². The van der Waals surface area contributed by atoms with Crippen LogP contribution in [0.2, 0.25) is 0 Å². The third kappa shape index (κ3) is 4.33. The summed E-state index contributed by atoms with van der Waals surface area (Å²) in [6, 6.07) is 9.76. The highest BCUT2D eigenvalue weighted by atomic mass is 19.3. The van der Waals surface area contributed by atoms with Crippen molar-refractivity contribution in [2.75, 3.05) is 13.1 Å². The van der Waals surface area contributed by atoms with Gasteiger partial charge in [-0.05, 0) is 43.2 Å². The third-order valence-corrected chi connectivity index (χ3v) is 5.21. The van der Waals surface area contributed by atoms with Crippen molar-refractivity contribution in [2.24, 2.45) is 0 Å². The van der Waals surface area contributed by atoms with E-state index < -0.39 is 17.6 Å². The molecular weight excluding hydrogens is 384 g/mol. The van der Waals surface area contributed by atoms with Gasteiger partial charge in [-0.15, -0.1) is 5.10 Å². The van der Waals surface area contributed by atoms with Crippen LogP contribution in [-0.4, -0.2) is 51.6 Å². The van der Waals surface area contributed by atoms with Gasteiger partial charge in [0.05, 0.1) is 13.1 Å². The highest BCUT2D eigenvalue weighted by Crippen LogP contribution is 2.43. The summed E-state index contributed by atoms with van der Waals surface area (Å²) in [5, 5.41) is 7.53. The topological polar surface area (TPSA) is 81.6 Å². The number of nitrogens with zero attached hydrogens (tertiary/aromatic N) is 3. The van der Waals surface area contributed by atoms with Crippen LogP contribution in [0.3, 0.4) is 0 Å². The van der Waals surface area contributed by atoms with Gasteiger partial charge in [-0.3, -0.25) is 9.69 Å². The van der Waals surface area contributed by atoms with Crippen molar-refractivity contribution in [3.05, 3.63) is 48.2 Å². The molecule has 4 rings (SSSR count). The Hall–Kier alpha value is -3.10. The number of hydrogen-bond acceptors (Lipinski definition) is 6. The summed E-state index contributed by atoms with van der Waals surface area (Å²) in [5.41, 5.74) is -0.506. The second-order valence-corrected chi connectivity index (χ2v) is 7.37. The normalized spacial score (nSPS) is 19.8. The number of halogens is 2. The summed E-state index contributed by atoms with van der Waals surface area (Å²) < 4.78 is 37.7. The van der Waals surface area contributed by atoms with E-state index >= 15 is 0 Å². The number of carbonyl (C=O) groups excluding carboxylic acids is 2. The average Bonchev–Trinajstić information content (AvgIpc) is 3.01. The fourth-order valence-electron chi connectivity index (χ4n) is 3.58. The Labute approximate surface area is 165 Å². The van der Waals surface area contributed by atoms with E-state index in [9.17, 15) is 18.4 Å². The SMILES string of the molecule is O=C(CN1CC2(CCC(F)(F)CC2)OC1=O)c1ccc(Oc2cccnn2)cc1. The van der Waals surface area contributed by atoms with Crippen LogP contribution in [-0.2, 0) is 4.74 Å². The molecule has 7 nitrogen and oxygen atoms in total. The first-order valence-electron chi connectivity index (χ1n) is 9.29. The number of ether oxygens (including phenoxy) is 2. The standard InChI is InChI=1S/C20H19F2N3O4/c21-20(22)9-7-19(8-10-20)13-25(18(27)29-19)12-16(26)14-3-5-15(6-4-14)28-17-2-1-11-23-24-17/h1-6,11H,7-10,12-13H2. The zero-order valence-corrected chi connectivity index (χ0v) is 15.5. The first kappa shape index (κ1) is 19.2. The van der Waals surface area contributed by atoms with E-state index in [4.69, 9.17) is 9.47 Å². The van der Waals surface area contributed by atoms with Crippen LogP contribution >= 0.6 is 0 Å². The largest absolute Gasteiger partial charge is 0.441 e. The lowest BCUT2D eigenvalue weighted by Gasteiger charge is -2.34. The second kappa shape index (κ2) is 7.38. The van der Waals surface area contributed by atoms with Crippen LogP contribution in [0.1, 0.15) is 36.0 Å². The highest BCUT2D eigenvalue weighted by Gasteiger charge is 2.51. The Kier molecular flexibility index (Phi) is 4.89. The molecule has 1 aliphatic heterocycles. The van der Waals surface area contributed by atoms with Gasteiger partial charge >= 0.3 is 6.09 Å². The molecule has 2 fully saturated rings. The number of hydrogen-bond donors (Lipinski definition) is 0.